The second-order valence-corrected chi connectivity index (χ2v) is 12.6. The first-order valence-electron chi connectivity index (χ1n) is 12.8. The molecule has 2 aromatic carbocycles. The van der Waals surface area contributed by atoms with Gasteiger partial charge in [-0.1, -0.05) is 30.3 Å². The van der Waals surface area contributed by atoms with Gasteiger partial charge in [-0.3, -0.25) is 4.79 Å². The van der Waals surface area contributed by atoms with Crippen molar-refractivity contribution in [3.05, 3.63) is 64.7 Å². The molecule has 3 rings (SSSR count). The number of ether oxygens (including phenoxy) is 1. The van der Waals surface area contributed by atoms with Gasteiger partial charge in [0.15, 0.2) is 0 Å². The van der Waals surface area contributed by atoms with Gasteiger partial charge >= 0.3 is 0 Å². The molecule has 0 radical (unpaired) electrons. The van der Waals surface area contributed by atoms with E-state index in [0.717, 1.165) is 22.3 Å². The number of aliphatic hydroxyl groups is 6. The van der Waals surface area contributed by atoms with E-state index in [2.05, 4.69) is 17.6 Å². The molecule has 1 heterocycles. The normalized spacial score (nSPS) is 24.7. The van der Waals surface area contributed by atoms with Crippen LogP contribution in [0.4, 0.5) is 0 Å². The third-order valence-electron chi connectivity index (χ3n) is 7.18. The minimum absolute atomic E-state index is 0.126. The Morgan fingerprint density at radius 3 is 2.32 bits per heavy atom. The van der Waals surface area contributed by atoms with Crippen LogP contribution >= 0.6 is 10.9 Å². The van der Waals surface area contributed by atoms with Gasteiger partial charge in [0.05, 0.1) is 38.6 Å². The van der Waals surface area contributed by atoms with Crippen LogP contribution in [0, 0.1) is 6.92 Å². The number of nitrogens with one attached hydrogen (secondary N) is 1. The van der Waals surface area contributed by atoms with Crippen LogP contribution in [0.2, 0.25) is 0 Å². The highest BCUT2D eigenvalue weighted by Crippen LogP contribution is 2.48. The Bertz CT molecular complexity index is 1040. The predicted molar refractivity (Wildman–Crippen MR) is 148 cm³/mol. The second kappa shape index (κ2) is 13.7. The number of aliphatic hydroxyl groups excluding tert-OH is 6. The maximum Gasteiger partial charge on any atom is 0.220 e. The van der Waals surface area contributed by atoms with Gasteiger partial charge in [-0.15, -0.1) is 0 Å². The Hall–Kier alpha value is -2.18. The fraction of sp³-hybridized carbons (Fsp3) is 0.536. The largest absolute Gasteiger partial charge is 0.494 e. The molecular weight excluding hydrogens is 510 g/mol. The summed E-state index contributed by atoms with van der Waals surface area (Å²) in [6.45, 7) is 0.669. The molecule has 5 atom stereocenters. The molecule has 10 heteroatoms. The van der Waals surface area contributed by atoms with Gasteiger partial charge in [0.25, 0.3) is 0 Å². The summed E-state index contributed by atoms with van der Waals surface area (Å²) in [5.41, 5.74) is 2.90. The van der Waals surface area contributed by atoms with Crippen molar-refractivity contribution in [1.29, 1.82) is 0 Å². The predicted octanol–water partition coefficient (Wildman–Crippen LogP) is 0.345. The van der Waals surface area contributed by atoms with Crippen molar-refractivity contribution >= 4 is 16.8 Å². The van der Waals surface area contributed by atoms with E-state index in [-0.39, 0.29) is 17.6 Å². The van der Waals surface area contributed by atoms with Crippen LogP contribution in [0.3, 0.4) is 0 Å². The zero-order chi connectivity index (χ0) is 27.9. The van der Waals surface area contributed by atoms with Gasteiger partial charge in [0, 0.05) is 17.4 Å². The van der Waals surface area contributed by atoms with Crippen molar-refractivity contribution in [3.8, 4) is 5.75 Å². The van der Waals surface area contributed by atoms with Gasteiger partial charge in [-0.2, -0.15) is 0 Å². The molecule has 9 nitrogen and oxygen atoms in total. The summed E-state index contributed by atoms with van der Waals surface area (Å²) in [5.74, 6) is 0.785. The van der Waals surface area contributed by atoms with E-state index in [1.54, 1.807) is 0 Å². The van der Waals surface area contributed by atoms with Gasteiger partial charge in [-0.05, 0) is 60.4 Å². The second-order valence-electron chi connectivity index (χ2n) is 10.2. The topological polar surface area (TPSA) is 160 Å². The number of hydrogen-bond acceptors (Lipinski definition) is 8. The number of benzene rings is 2. The summed E-state index contributed by atoms with van der Waals surface area (Å²) in [5, 5.41) is 61.1. The summed E-state index contributed by atoms with van der Waals surface area (Å²) >= 11 is 0. The number of carbonyl (C=O) groups excluding carboxylic acids is 1. The van der Waals surface area contributed by atoms with Crippen LogP contribution in [-0.2, 0) is 11.2 Å². The molecule has 1 amide bonds. The summed E-state index contributed by atoms with van der Waals surface area (Å²) < 4.78 is 5.74. The molecule has 0 spiro atoms. The maximum atomic E-state index is 12.0. The highest BCUT2D eigenvalue weighted by molar-refractivity contribution is 8.16. The van der Waals surface area contributed by atoms with Crippen molar-refractivity contribution in [2.24, 2.45) is 0 Å². The van der Waals surface area contributed by atoms with Crippen LogP contribution in [0.1, 0.15) is 40.3 Å². The third-order valence-corrected chi connectivity index (χ3v) is 9.68. The quantitative estimate of drug-likeness (QED) is 0.139. The average molecular weight is 552 g/mol. The molecule has 7 N–H and O–H groups in total. The lowest BCUT2D eigenvalue weighted by Crippen LogP contribution is -2.57. The third kappa shape index (κ3) is 7.47. The van der Waals surface area contributed by atoms with E-state index in [9.17, 15) is 35.4 Å². The SMILES string of the molecule is Cc1ccc([C@H]2[C@H](O)[C@H](O)[C@H](O)C[SH]2C)cc1Cc1ccc(OCCCC(=O)NC(CO)(CO)CO)cc1. The number of thiol groups is 1. The lowest BCUT2D eigenvalue weighted by molar-refractivity contribution is -0.125. The Kier molecular flexibility index (Phi) is 11.0. The number of carbonyl (C=O) groups is 1. The number of hydrogen-bond donors (Lipinski definition) is 8. The molecule has 212 valence electrons. The molecule has 0 aliphatic carbocycles. The summed E-state index contributed by atoms with van der Waals surface area (Å²) in [6.07, 6.45) is 0.282. The van der Waals surface area contributed by atoms with E-state index in [0.29, 0.717) is 31.0 Å². The van der Waals surface area contributed by atoms with Crippen molar-refractivity contribution in [3.63, 3.8) is 0 Å². The Morgan fingerprint density at radius 2 is 1.68 bits per heavy atom. The van der Waals surface area contributed by atoms with Gasteiger partial charge < -0.3 is 40.7 Å². The first-order valence-corrected chi connectivity index (χ1v) is 14.9. The maximum absolute atomic E-state index is 12.0. The molecule has 1 unspecified atom stereocenters. The van der Waals surface area contributed by atoms with Crippen molar-refractivity contribution in [2.45, 2.75) is 55.3 Å². The van der Waals surface area contributed by atoms with Crippen LogP contribution in [-0.4, -0.2) is 98.8 Å². The lowest BCUT2D eigenvalue weighted by atomic mass is 9.94. The van der Waals surface area contributed by atoms with Gasteiger partial charge in [-0.25, -0.2) is 10.9 Å². The number of rotatable bonds is 12. The molecule has 1 aliphatic heterocycles. The summed E-state index contributed by atoms with van der Waals surface area (Å²) in [4.78, 5) is 12.0. The lowest BCUT2D eigenvalue weighted by Gasteiger charge is -2.42. The van der Waals surface area contributed by atoms with Gasteiger partial charge in [0.2, 0.25) is 5.91 Å². The van der Waals surface area contributed by atoms with E-state index < -0.39 is 54.6 Å². The fourth-order valence-electron chi connectivity index (χ4n) is 4.68. The number of amides is 1. The highest BCUT2D eigenvalue weighted by Gasteiger charge is 2.40. The first-order chi connectivity index (χ1) is 18.1. The van der Waals surface area contributed by atoms with E-state index in [4.69, 9.17) is 4.74 Å². The zero-order valence-electron chi connectivity index (χ0n) is 22.0. The van der Waals surface area contributed by atoms with Gasteiger partial charge in [0.1, 0.15) is 17.4 Å². The molecule has 2 aromatic rings. The summed E-state index contributed by atoms with van der Waals surface area (Å²) in [7, 11) is -0.679. The molecule has 1 saturated heterocycles. The van der Waals surface area contributed by atoms with Crippen molar-refractivity contribution in [2.75, 3.05) is 38.4 Å². The van der Waals surface area contributed by atoms with E-state index in [1.165, 1.54) is 0 Å². The Morgan fingerprint density at radius 1 is 1.03 bits per heavy atom. The molecule has 1 fully saturated rings. The Labute approximate surface area is 226 Å². The highest BCUT2D eigenvalue weighted by atomic mass is 32.2. The monoisotopic (exact) mass is 551 g/mol. The van der Waals surface area contributed by atoms with Crippen LogP contribution < -0.4 is 10.1 Å². The fourth-order valence-corrected chi connectivity index (χ4v) is 7.08. The smallest absolute Gasteiger partial charge is 0.220 e. The summed E-state index contributed by atoms with van der Waals surface area (Å²) in [6, 6.07) is 13.8. The molecule has 0 saturated carbocycles. The molecular formula is C28H41NO8S. The molecule has 0 bridgehead atoms. The molecule has 38 heavy (non-hydrogen) atoms. The Balaban J connectivity index is 1.54. The minimum atomic E-state index is -1.43. The molecule has 0 aromatic heterocycles. The van der Waals surface area contributed by atoms with Crippen molar-refractivity contribution < 1.29 is 40.2 Å². The van der Waals surface area contributed by atoms with E-state index in [1.807, 2.05) is 43.3 Å². The average Bonchev–Trinajstić information content (AvgIpc) is 2.91. The number of aryl methyl sites for hydroxylation is 1. The minimum Gasteiger partial charge on any atom is -0.494 e. The molecule has 1 aliphatic rings. The van der Waals surface area contributed by atoms with Crippen LogP contribution in [0.25, 0.3) is 0 Å². The van der Waals surface area contributed by atoms with Crippen LogP contribution in [0.15, 0.2) is 42.5 Å². The first kappa shape index (κ1) is 30.4. The van der Waals surface area contributed by atoms with Crippen molar-refractivity contribution in [1.82, 2.24) is 5.32 Å². The standard InChI is InChI=1S/C28H41NO8S/c1-18-5-8-20(27-26(36)25(35)23(33)14-38(27)2)13-21(18)12-19-6-9-22(10-7-19)37-11-3-4-24(34)29-28(15-30,16-31)17-32/h5-10,13,23,25-27,30-33,35-36,38H,3-4,11-12,14-17H2,1-2H3,(H,29,34)/t23-,25-,26-,27+/m1/s1. The zero-order valence-corrected chi connectivity index (χ0v) is 22.8. The van der Waals surface area contributed by atoms with Crippen LogP contribution in [0.5, 0.6) is 5.75 Å². The van der Waals surface area contributed by atoms with E-state index >= 15 is 0 Å².